The Kier molecular flexibility index (Phi) is 5.83. The first-order chi connectivity index (χ1) is 12.5. The number of likely N-dealkylation sites (tertiary alicyclic amines) is 1. The zero-order chi connectivity index (χ0) is 18.7. The Labute approximate surface area is 158 Å². The number of aryl methyl sites for hydroxylation is 2. The van der Waals surface area contributed by atoms with Crippen LogP contribution < -0.4 is 4.90 Å². The maximum absolute atomic E-state index is 11.9. The molecule has 0 saturated carbocycles. The molecular formula is C18H26N5O2S+. The summed E-state index contributed by atoms with van der Waals surface area (Å²) in [5.41, 5.74) is 3.24. The molecule has 0 bridgehead atoms. The maximum Gasteiger partial charge on any atom is 0.309 e. The summed E-state index contributed by atoms with van der Waals surface area (Å²) in [6.45, 7) is 8.86. The first-order valence-corrected chi connectivity index (χ1v) is 9.51. The van der Waals surface area contributed by atoms with Gasteiger partial charge in [-0.1, -0.05) is 12.1 Å². The highest BCUT2D eigenvalue weighted by molar-refractivity contribution is 7.71. The van der Waals surface area contributed by atoms with Crippen molar-refractivity contribution in [1.82, 2.24) is 19.8 Å². The van der Waals surface area contributed by atoms with Crippen molar-refractivity contribution in [3.05, 3.63) is 34.1 Å². The molecule has 1 aromatic carbocycles. The molecule has 7 nitrogen and oxygen atoms in total. The molecule has 26 heavy (non-hydrogen) atoms. The molecule has 8 heteroatoms. The fraction of sp³-hybridized carbons (Fsp3) is 0.556. The molecule has 1 fully saturated rings. The minimum absolute atomic E-state index is 0.0253. The number of carbonyl (C=O) groups excluding carboxylic acids is 1. The minimum Gasteiger partial charge on any atom is -0.466 e. The Bertz CT molecular complexity index is 836. The van der Waals surface area contributed by atoms with Gasteiger partial charge in [-0.15, -0.1) is 0 Å². The summed E-state index contributed by atoms with van der Waals surface area (Å²) < 4.78 is 9.23. The number of carbonyl (C=O) groups is 1. The van der Waals surface area contributed by atoms with Crippen molar-refractivity contribution in [3.63, 3.8) is 0 Å². The van der Waals surface area contributed by atoms with E-state index in [0.717, 1.165) is 42.7 Å². The van der Waals surface area contributed by atoms with Crippen molar-refractivity contribution in [2.45, 2.75) is 40.3 Å². The largest absolute Gasteiger partial charge is 0.466 e. The molecule has 1 aliphatic rings. The van der Waals surface area contributed by atoms with Gasteiger partial charge in [-0.2, -0.15) is 9.36 Å². The first kappa shape index (κ1) is 18.7. The molecule has 1 aliphatic heterocycles. The van der Waals surface area contributed by atoms with Gasteiger partial charge in [0.1, 0.15) is 0 Å². The summed E-state index contributed by atoms with van der Waals surface area (Å²) in [5, 5.41) is 8.51. The molecular weight excluding hydrogens is 350 g/mol. The second-order valence-electron chi connectivity index (χ2n) is 6.90. The second kappa shape index (κ2) is 8.09. The third-order valence-electron chi connectivity index (χ3n) is 4.92. The number of ether oxygens (including phenoxy) is 1. The van der Waals surface area contributed by atoms with Crippen molar-refractivity contribution in [1.29, 1.82) is 0 Å². The van der Waals surface area contributed by atoms with Crippen molar-refractivity contribution >= 4 is 18.2 Å². The van der Waals surface area contributed by atoms with Gasteiger partial charge in [0.05, 0.1) is 31.3 Å². The second-order valence-corrected chi connectivity index (χ2v) is 7.26. The highest BCUT2D eigenvalue weighted by Crippen LogP contribution is 2.15. The Morgan fingerprint density at radius 1 is 1.31 bits per heavy atom. The quantitative estimate of drug-likeness (QED) is 0.628. The van der Waals surface area contributed by atoms with Crippen LogP contribution >= 0.6 is 12.2 Å². The fourth-order valence-corrected chi connectivity index (χ4v) is 3.60. The summed E-state index contributed by atoms with van der Waals surface area (Å²) in [6.07, 6.45) is 1.68. The van der Waals surface area contributed by atoms with Gasteiger partial charge in [-0.25, -0.2) is 0 Å². The van der Waals surface area contributed by atoms with E-state index in [1.165, 1.54) is 4.90 Å². The number of esters is 1. The lowest BCUT2D eigenvalue weighted by Crippen LogP contribution is -3.12. The van der Waals surface area contributed by atoms with Gasteiger partial charge < -0.3 is 9.64 Å². The molecule has 0 spiro atoms. The standard InChI is InChI=1S/C18H25N5O2S/c1-4-25-17(24)15-7-9-21(10-8-15)12-22-18(26)23(20-19-22)16-11-13(2)5-6-14(16)3/h5-6,11,15H,4,7-10,12H2,1-3H3/p+1. The maximum atomic E-state index is 11.9. The number of hydrogen-bond donors (Lipinski definition) is 1. The van der Waals surface area contributed by atoms with Gasteiger partial charge in [0.25, 0.3) is 0 Å². The van der Waals surface area contributed by atoms with Crippen molar-refractivity contribution in [3.8, 4) is 5.69 Å². The van der Waals surface area contributed by atoms with Gasteiger partial charge in [0.2, 0.25) is 4.77 Å². The van der Waals surface area contributed by atoms with Crippen LogP contribution in [0.2, 0.25) is 0 Å². The summed E-state index contributed by atoms with van der Waals surface area (Å²) in [6, 6.07) is 6.21. The number of piperidine rings is 1. The molecule has 1 aromatic heterocycles. The van der Waals surface area contributed by atoms with E-state index in [4.69, 9.17) is 17.0 Å². The molecule has 0 radical (unpaired) electrons. The normalized spacial score (nSPS) is 20.1. The fourth-order valence-electron chi connectivity index (χ4n) is 3.36. The van der Waals surface area contributed by atoms with Crippen LogP contribution in [0.1, 0.15) is 30.9 Å². The minimum atomic E-state index is -0.0657. The van der Waals surface area contributed by atoms with Crippen LogP contribution in [-0.2, 0) is 16.2 Å². The van der Waals surface area contributed by atoms with Gasteiger partial charge in [-0.05, 0) is 60.6 Å². The average Bonchev–Trinajstić information content (AvgIpc) is 2.98. The Hall–Kier alpha value is -2.06. The molecule has 0 unspecified atom stereocenters. The van der Waals surface area contributed by atoms with E-state index in [1.54, 1.807) is 9.36 Å². The van der Waals surface area contributed by atoms with Gasteiger partial charge in [0, 0.05) is 12.8 Å². The monoisotopic (exact) mass is 376 g/mol. The van der Waals surface area contributed by atoms with Gasteiger partial charge in [0.15, 0.2) is 6.67 Å². The first-order valence-electron chi connectivity index (χ1n) is 9.10. The zero-order valence-corrected chi connectivity index (χ0v) is 16.4. The lowest BCUT2D eigenvalue weighted by atomic mass is 9.97. The van der Waals surface area contributed by atoms with Crippen LogP contribution in [0, 0.1) is 24.5 Å². The summed E-state index contributed by atoms with van der Waals surface area (Å²) >= 11 is 5.59. The lowest BCUT2D eigenvalue weighted by Gasteiger charge is -2.27. The molecule has 2 heterocycles. The van der Waals surface area contributed by atoms with Crippen LogP contribution in [-0.4, -0.2) is 45.5 Å². The topological polar surface area (TPSA) is 66.4 Å². The predicted octanol–water partition coefficient (Wildman–Crippen LogP) is 1.23. The van der Waals surface area contributed by atoms with Crippen molar-refractivity contribution in [2.75, 3.05) is 19.7 Å². The molecule has 140 valence electrons. The lowest BCUT2D eigenvalue weighted by molar-refractivity contribution is -0.929. The number of nitrogens with one attached hydrogen (secondary N) is 1. The summed E-state index contributed by atoms with van der Waals surface area (Å²) in [7, 11) is 0. The zero-order valence-electron chi connectivity index (χ0n) is 15.6. The third kappa shape index (κ3) is 4.02. The van der Waals surface area contributed by atoms with E-state index in [2.05, 4.69) is 35.5 Å². The molecule has 0 amide bonds. The number of hydrogen-bond acceptors (Lipinski definition) is 5. The molecule has 1 N–H and O–H groups in total. The highest BCUT2D eigenvalue weighted by Gasteiger charge is 2.28. The van der Waals surface area contributed by atoms with Crippen molar-refractivity contribution in [2.24, 2.45) is 5.92 Å². The number of benzene rings is 1. The molecule has 0 aliphatic carbocycles. The smallest absolute Gasteiger partial charge is 0.309 e. The van der Waals surface area contributed by atoms with Crippen LogP contribution in [0.15, 0.2) is 18.2 Å². The van der Waals surface area contributed by atoms with Gasteiger partial charge in [-0.3, -0.25) is 4.79 Å². The molecule has 1 saturated heterocycles. The molecule has 3 rings (SSSR count). The Balaban J connectivity index is 1.67. The van der Waals surface area contributed by atoms with Gasteiger partial charge >= 0.3 is 5.97 Å². The Morgan fingerprint density at radius 3 is 2.73 bits per heavy atom. The molecule has 0 atom stereocenters. The number of aromatic nitrogens is 4. The van der Waals surface area contributed by atoms with Crippen LogP contribution in [0.3, 0.4) is 0 Å². The summed E-state index contributed by atoms with van der Waals surface area (Å²) in [5.74, 6) is -0.0404. The van der Waals surface area contributed by atoms with E-state index < -0.39 is 0 Å². The number of quaternary nitrogens is 1. The van der Waals surface area contributed by atoms with Crippen LogP contribution in [0.25, 0.3) is 5.69 Å². The SMILES string of the molecule is CCOC(=O)C1CC[NH+](Cn2nnn(-c3cc(C)ccc3C)c2=S)CC1. The predicted molar refractivity (Wildman–Crippen MR) is 99.7 cm³/mol. The molecule has 2 aromatic rings. The summed E-state index contributed by atoms with van der Waals surface area (Å²) in [4.78, 5) is 13.2. The average molecular weight is 377 g/mol. The third-order valence-corrected chi connectivity index (χ3v) is 5.30. The van der Waals surface area contributed by atoms with Crippen LogP contribution in [0.5, 0.6) is 0 Å². The Morgan fingerprint density at radius 2 is 2.04 bits per heavy atom. The van der Waals surface area contributed by atoms with Crippen LogP contribution in [0.4, 0.5) is 0 Å². The van der Waals surface area contributed by atoms with E-state index in [-0.39, 0.29) is 11.9 Å². The number of nitrogens with zero attached hydrogens (tertiary/aromatic N) is 4. The van der Waals surface area contributed by atoms with E-state index in [0.29, 0.717) is 18.0 Å². The number of tetrazole rings is 1. The van der Waals surface area contributed by atoms with E-state index in [1.807, 2.05) is 13.8 Å². The van der Waals surface area contributed by atoms with E-state index in [9.17, 15) is 4.79 Å². The van der Waals surface area contributed by atoms with E-state index >= 15 is 0 Å². The highest BCUT2D eigenvalue weighted by atomic mass is 32.1. The van der Waals surface area contributed by atoms with Crippen molar-refractivity contribution < 1.29 is 14.4 Å². The number of rotatable bonds is 5.